The molecule has 0 aliphatic rings. The molecule has 14 heavy (non-hydrogen) atoms. The van der Waals surface area contributed by atoms with Crippen LogP contribution < -0.4 is 0 Å². The fraction of sp³-hybridized carbons (Fsp3) is 0.333. The van der Waals surface area contributed by atoms with E-state index >= 15 is 0 Å². The predicted molar refractivity (Wildman–Crippen MR) is 44.9 cm³/mol. The van der Waals surface area contributed by atoms with Gasteiger partial charge >= 0.3 is 0 Å². The van der Waals surface area contributed by atoms with Crippen molar-refractivity contribution in [3.05, 3.63) is 23.0 Å². The number of alkyl halides is 2. The average Bonchev–Trinajstić information content (AvgIpc) is 2.12. The van der Waals surface area contributed by atoms with Crippen LogP contribution >= 0.6 is 0 Å². The van der Waals surface area contributed by atoms with Crippen LogP contribution in [0.5, 0.6) is 5.75 Å². The molecule has 0 aromatic carbocycles. The van der Waals surface area contributed by atoms with Gasteiger partial charge in [0.2, 0.25) is 0 Å². The second-order valence-corrected chi connectivity index (χ2v) is 2.78. The minimum atomic E-state index is -2.69. The fourth-order valence-electron chi connectivity index (χ4n) is 1.09. The Morgan fingerprint density at radius 3 is 2.79 bits per heavy atom. The summed E-state index contributed by atoms with van der Waals surface area (Å²) in [5, 5.41) is 17.8. The Balaban J connectivity index is 3.22. The van der Waals surface area contributed by atoms with Gasteiger partial charge in [0.25, 0.3) is 6.43 Å². The van der Waals surface area contributed by atoms with Crippen molar-refractivity contribution in [2.45, 2.75) is 19.8 Å². The molecule has 0 unspecified atom stereocenters. The average molecular weight is 198 g/mol. The molecule has 74 valence electrons. The van der Waals surface area contributed by atoms with Crippen molar-refractivity contribution in [2.24, 2.45) is 0 Å². The Morgan fingerprint density at radius 1 is 1.64 bits per heavy atom. The van der Waals surface area contributed by atoms with Crippen molar-refractivity contribution in [3.8, 4) is 11.8 Å². The molecule has 3 nitrogen and oxygen atoms in total. The molecular weight excluding hydrogens is 190 g/mol. The van der Waals surface area contributed by atoms with Crippen LogP contribution in [-0.2, 0) is 6.42 Å². The molecule has 1 aromatic rings. The van der Waals surface area contributed by atoms with Crippen molar-refractivity contribution >= 4 is 0 Å². The van der Waals surface area contributed by atoms with Crippen molar-refractivity contribution < 1.29 is 13.9 Å². The first kappa shape index (κ1) is 10.4. The molecule has 0 amide bonds. The highest BCUT2D eigenvalue weighted by Crippen LogP contribution is 2.26. The van der Waals surface area contributed by atoms with Crippen LogP contribution in [0.15, 0.2) is 6.07 Å². The Morgan fingerprint density at radius 2 is 2.29 bits per heavy atom. The zero-order valence-electron chi connectivity index (χ0n) is 7.46. The zero-order valence-corrected chi connectivity index (χ0v) is 7.46. The second-order valence-electron chi connectivity index (χ2n) is 2.78. The van der Waals surface area contributed by atoms with Gasteiger partial charge in [-0.25, -0.2) is 13.8 Å². The van der Waals surface area contributed by atoms with Gasteiger partial charge in [-0.1, -0.05) is 0 Å². The van der Waals surface area contributed by atoms with Gasteiger partial charge < -0.3 is 5.11 Å². The Labute approximate surface area is 79.6 Å². The Bertz CT molecular complexity index is 385. The van der Waals surface area contributed by atoms with E-state index in [0.717, 1.165) is 6.07 Å². The summed E-state index contributed by atoms with van der Waals surface area (Å²) in [4.78, 5) is 3.51. The van der Waals surface area contributed by atoms with E-state index in [1.54, 1.807) is 6.07 Å². The second kappa shape index (κ2) is 4.01. The van der Waals surface area contributed by atoms with Crippen LogP contribution in [0.3, 0.4) is 0 Å². The summed E-state index contributed by atoms with van der Waals surface area (Å²) in [5.41, 5.74) is -0.103. The van der Waals surface area contributed by atoms with Gasteiger partial charge in [0.15, 0.2) is 0 Å². The largest absolute Gasteiger partial charge is 0.506 e. The summed E-state index contributed by atoms with van der Waals surface area (Å²) in [6, 6.07) is 2.84. The molecule has 0 bridgehead atoms. The van der Waals surface area contributed by atoms with E-state index < -0.39 is 12.1 Å². The lowest BCUT2D eigenvalue weighted by atomic mass is 10.1. The Kier molecular flexibility index (Phi) is 2.97. The van der Waals surface area contributed by atoms with Gasteiger partial charge in [0.05, 0.1) is 18.2 Å². The van der Waals surface area contributed by atoms with Crippen molar-refractivity contribution in [2.75, 3.05) is 0 Å². The summed E-state index contributed by atoms with van der Waals surface area (Å²) in [5.74, 6) is -0.184. The molecule has 0 fully saturated rings. The molecule has 1 aromatic heterocycles. The third-order valence-corrected chi connectivity index (χ3v) is 1.76. The summed E-state index contributed by atoms with van der Waals surface area (Å²) in [6.45, 7) is 1.42. The lowest BCUT2D eigenvalue weighted by Crippen LogP contribution is -1.97. The molecule has 5 heteroatoms. The van der Waals surface area contributed by atoms with Gasteiger partial charge in [0.1, 0.15) is 11.4 Å². The lowest BCUT2D eigenvalue weighted by molar-refractivity contribution is 0.145. The lowest BCUT2D eigenvalue weighted by Gasteiger charge is -2.06. The van der Waals surface area contributed by atoms with Gasteiger partial charge in [-0.15, -0.1) is 0 Å². The van der Waals surface area contributed by atoms with Crippen LogP contribution in [0.4, 0.5) is 8.78 Å². The number of hydrogen-bond donors (Lipinski definition) is 1. The third-order valence-electron chi connectivity index (χ3n) is 1.76. The van der Waals surface area contributed by atoms with Gasteiger partial charge in [0, 0.05) is 5.56 Å². The number of aryl methyl sites for hydroxylation is 1. The molecule has 0 spiro atoms. The van der Waals surface area contributed by atoms with E-state index in [0.29, 0.717) is 0 Å². The molecular formula is C9H8F2N2O. The Hall–Kier alpha value is -1.70. The SMILES string of the molecule is Cc1nc(C(F)F)cc(CC#N)c1O. The van der Waals surface area contributed by atoms with Crippen LogP contribution in [0.25, 0.3) is 0 Å². The maximum Gasteiger partial charge on any atom is 0.280 e. The normalized spacial score (nSPS) is 10.2. The summed E-state index contributed by atoms with van der Waals surface area (Å²) in [7, 11) is 0. The maximum atomic E-state index is 12.3. The molecule has 0 aliphatic carbocycles. The van der Waals surface area contributed by atoms with E-state index in [9.17, 15) is 13.9 Å². The van der Waals surface area contributed by atoms with Gasteiger partial charge in [-0.3, -0.25) is 0 Å². The minimum absolute atomic E-state index is 0.102. The minimum Gasteiger partial charge on any atom is -0.506 e. The molecule has 1 N–H and O–H groups in total. The number of pyridine rings is 1. The van der Waals surface area contributed by atoms with Crippen molar-refractivity contribution in [1.29, 1.82) is 5.26 Å². The van der Waals surface area contributed by atoms with E-state index in [2.05, 4.69) is 4.98 Å². The van der Waals surface area contributed by atoms with Gasteiger partial charge in [-0.2, -0.15) is 5.26 Å². The highest BCUT2D eigenvalue weighted by molar-refractivity contribution is 5.39. The number of rotatable bonds is 2. The predicted octanol–water partition coefficient (Wildman–Crippen LogP) is 2.10. The smallest absolute Gasteiger partial charge is 0.280 e. The molecule has 0 radical (unpaired) electrons. The summed E-state index contributed by atoms with van der Waals surface area (Å²) in [6.07, 6.45) is -2.79. The molecule has 0 saturated heterocycles. The van der Waals surface area contributed by atoms with Crippen LogP contribution in [0.1, 0.15) is 23.4 Å². The number of nitrogens with zero attached hydrogens (tertiary/aromatic N) is 2. The summed E-state index contributed by atoms with van der Waals surface area (Å²) >= 11 is 0. The first-order chi connectivity index (χ1) is 6.56. The van der Waals surface area contributed by atoms with Crippen LogP contribution in [0, 0.1) is 18.3 Å². The fourth-order valence-corrected chi connectivity index (χ4v) is 1.09. The van der Waals surface area contributed by atoms with E-state index in [-0.39, 0.29) is 23.4 Å². The number of halogens is 2. The number of hydrogen-bond acceptors (Lipinski definition) is 3. The molecule has 0 atom stereocenters. The summed E-state index contributed by atoms with van der Waals surface area (Å²) < 4.78 is 24.5. The maximum absolute atomic E-state index is 12.3. The zero-order chi connectivity index (χ0) is 10.7. The third kappa shape index (κ3) is 1.96. The van der Waals surface area contributed by atoms with E-state index in [4.69, 9.17) is 5.26 Å². The standard InChI is InChI=1S/C9H8F2N2O/c1-5-8(14)6(2-3-12)4-7(13-5)9(10)11/h4,9,14H,2H2,1H3. The highest BCUT2D eigenvalue weighted by Gasteiger charge is 2.14. The molecule has 1 heterocycles. The molecule has 0 aliphatic heterocycles. The molecule has 0 saturated carbocycles. The van der Waals surface area contributed by atoms with Gasteiger partial charge in [-0.05, 0) is 13.0 Å². The highest BCUT2D eigenvalue weighted by atomic mass is 19.3. The van der Waals surface area contributed by atoms with E-state index in [1.165, 1.54) is 6.92 Å². The van der Waals surface area contributed by atoms with Crippen molar-refractivity contribution in [3.63, 3.8) is 0 Å². The topological polar surface area (TPSA) is 56.9 Å². The first-order valence-corrected chi connectivity index (χ1v) is 3.90. The first-order valence-electron chi connectivity index (χ1n) is 3.90. The van der Waals surface area contributed by atoms with Crippen LogP contribution in [-0.4, -0.2) is 10.1 Å². The quantitative estimate of drug-likeness (QED) is 0.791. The number of aromatic nitrogens is 1. The van der Waals surface area contributed by atoms with Crippen molar-refractivity contribution in [1.82, 2.24) is 4.98 Å². The van der Waals surface area contributed by atoms with Crippen LogP contribution in [0.2, 0.25) is 0 Å². The number of nitriles is 1. The number of aromatic hydroxyl groups is 1. The van der Waals surface area contributed by atoms with E-state index in [1.807, 2.05) is 0 Å². The monoisotopic (exact) mass is 198 g/mol. The molecule has 1 rings (SSSR count).